The molecule has 1 saturated heterocycles. The summed E-state index contributed by atoms with van der Waals surface area (Å²) in [5, 5.41) is 2.94. The molecule has 3 heteroatoms. The molecule has 88 valence electrons. The number of amides is 1. The summed E-state index contributed by atoms with van der Waals surface area (Å²) >= 11 is 0. The summed E-state index contributed by atoms with van der Waals surface area (Å²) in [4.78, 5) is 24.5. The molecule has 1 fully saturated rings. The third-order valence-electron chi connectivity index (χ3n) is 4.12. The molecule has 1 aliphatic carbocycles. The van der Waals surface area contributed by atoms with Crippen molar-refractivity contribution in [3.8, 4) is 0 Å². The first-order chi connectivity index (χ1) is 7.65. The van der Waals surface area contributed by atoms with Gasteiger partial charge in [-0.3, -0.25) is 9.59 Å². The Labute approximate surface area is 96.3 Å². The Morgan fingerprint density at radius 1 is 1.38 bits per heavy atom. The Kier molecular flexibility index (Phi) is 2.87. The molecule has 1 N–H and O–H groups in total. The molecular formula is C13H19NO2. The monoisotopic (exact) mass is 221 g/mol. The predicted molar refractivity (Wildman–Crippen MR) is 61.6 cm³/mol. The molecule has 0 aromatic heterocycles. The number of carbonyl (C=O) groups excluding carboxylic acids is 2. The summed E-state index contributed by atoms with van der Waals surface area (Å²) in [6, 6.07) is 0. The predicted octanol–water partition coefficient (Wildman–Crippen LogP) is 2.18. The van der Waals surface area contributed by atoms with E-state index in [0.29, 0.717) is 12.8 Å². The van der Waals surface area contributed by atoms with E-state index in [-0.39, 0.29) is 17.6 Å². The van der Waals surface area contributed by atoms with Crippen molar-refractivity contribution >= 4 is 11.7 Å². The lowest BCUT2D eigenvalue weighted by atomic mass is 9.67. The molecule has 0 saturated carbocycles. The Morgan fingerprint density at radius 3 is 2.69 bits per heavy atom. The minimum Gasteiger partial charge on any atom is -0.329 e. The van der Waals surface area contributed by atoms with Crippen molar-refractivity contribution < 1.29 is 9.59 Å². The van der Waals surface area contributed by atoms with Crippen LogP contribution in [0.5, 0.6) is 0 Å². The Bertz CT molecular complexity index is 353. The molecule has 1 unspecified atom stereocenters. The van der Waals surface area contributed by atoms with Crippen LogP contribution in [0.25, 0.3) is 0 Å². The molecule has 1 aliphatic heterocycles. The molecule has 16 heavy (non-hydrogen) atoms. The van der Waals surface area contributed by atoms with E-state index in [1.54, 1.807) is 0 Å². The highest BCUT2D eigenvalue weighted by molar-refractivity contribution is 6.11. The van der Waals surface area contributed by atoms with Crippen LogP contribution in [0.3, 0.4) is 0 Å². The summed E-state index contributed by atoms with van der Waals surface area (Å²) in [5.41, 5.74) is 0.0954. The van der Waals surface area contributed by atoms with Gasteiger partial charge in [0.25, 0.3) is 0 Å². The normalized spacial score (nSPS) is 28.1. The van der Waals surface area contributed by atoms with E-state index >= 15 is 0 Å². The molecule has 3 nitrogen and oxygen atoms in total. The number of fused-ring (bicyclic) bond motifs is 1. The van der Waals surface area contributed by atoms with Crippen molar-refractivity contribution in [3.63, 3.8) is 0 Å². The van der Waals surface area contributed by atoms with Crippen molar-refractivity contribution in [1.82, 2.24) is 5.32 Å². The van der Waals surface area contributed by atoms with Gasteiger partial charge >= 0.3 is 0 Å². The lowest BCUT2D eigenvalue weighted by Crippen LogP contribution is -2.55. The van der Waals surface area contributed by atoms with Crippen LogP contribution in [-0.2, 0) is 9.59 Å². The van der Waals surface area contributed by atoms with Crippen molar-refractivity contribution in [2.75, 3.05) is 0 Å². The minimum atomic E-state index is -0.765. The van der Waals surface area contributed by atoms with E-state index in [0.717, 1.165) is 25.0 Å². The number of ketones is 1. The number of carbonyl (C=O) groups is 2. The first-order valence-corrected chi connectivity index (χ1v) is 6.21. The molecule has 1 amide bonds. The molecule has 0 bridgehead atoms. The molecule has 0 aromatic carbocycles. The van der Waals surface area contributed by atoms with Crippen LogP contribution >= 0.6 is 0 Å². The number of allylic oxidation sites excluding steroid dienone is 2. The van der Waals surface area contributed by atoms with Gasteiger partial charge in [-0.25, -0.2) is 0 Å². The zero-order chi connectivity index (χ0) is 11.8. The summed E-state index contributed by atoms with van der Waals surface area (Å²) in [6.45, 7) is 3.86. The van der Waals surface area contributed by atoms with E-state index in [4.69, 9.17) is 0 Å². The molecule has 0 aromatic rings. The van der Waals surface area contributed by atoms with Gasteiger partial charge in [0.05, 0.1) is 5.92 Å². The van der Waals surface area contributed by atoms with Crippen LogP contribution in [0.15, 0.2) is 11.8 Å². The summed E-state index contributed by atoms with van der Waals surface area (Å²) < 4.78 is 0. The highest BCUT2D eigenvalue weighted by Gasteiger charge is 2.50. The van der Waals surface area contributed by atoms with Crippen LogP contribution < -0.4 is 5.32 Å². The third kappa shape index (κ3) is 1.41. The fourth-order valence-corrected chi connectivity index (χ4v) is 2.90. The molecule has 1 atom stereocenters. The average molecular weight is 221 g/mol. The average Bonchev–Trinajstić information content (AvgIpc) is 2.31. The van der Waals surface area contributed by atoms with E-state index in [9.17, 15) is 9.59 Å². The molecular weight excluding hydrogens is 202 g/mol. The topological polar surface area (TPSA) is 46.2 Å². The van der Waals surface area contributed by atoms with Gasteiger partial charge in [0.1, 0.15) is 5.41 Å². The third-order valence-corrected chi connectivity index (χ3v) is 4.12. The Hall–Kier alpha value is -1.12. The molecule has 2 aliphatic rings. The second-order valence-corrected chi connectivity index (χ2v) is 4.75. The lowest BCUT2D eigenvalue weighted by Gasteiger charge is -2.40. The van der Waals surface area contributed by atoms with Gasteiger partial charge in [0, 0.05) is 5.70 Å². The Morgan fingerprint density at radius 2 is 2.06 bits per heavy atom. The number of nitrogens with one attached hydrogen (secondary N) is 1. The van der Waals surface area contributed by atoms with Gasteiger partial charge in [-0.1, -0.05) is 19.9 Å². The number of rotatable bonds is 2. The largest absolute Gasteiger partial charge is 0.329 e. The van der Waals surface area contributed by atoms with Gasteiger partial charge in [-0.05, 0) is 32.1 Å². The van der Waals surface area contributed by atoms with Crippen molar-refractivity contribution in [2.45, 2.75) is 46.0 Å². The number of piperidine rings is 1. The maximum Gasteiger partial charge on any atom is 0.237 e. The fraction of sp³-hybridized carbons (Fsp3) is 0.692. The highest BCUT2D eigenvalue weighted by Crippen LogP contribution is 2.40. The van der Waals surface area contributed by atoms with Gasteiger partial charge in [0.15, 0.2) is 5.78 Å². The van der Waals surface area contributed by atoms with Gasteiger partial charge < -0.3 is 5.32 Å². The lowest BCUT2D eigenvalue weighted by molar-refractivity contribution is -0.147. The SMILES string of the molecule is CCC1(CC)C(=O)NC2=CCCCC2C1=O. The first-order valence-electron chi connectivity index (χ1n) is 6.21. The maximum absolute atomic E-state index is 12.5. The molecule has 2 rings (SSSR count). The zero-order valence-corrected chi connectivity index (χ0v) is 10.0. The quantitative estimate of drug-likeness (QED) is 0.726. The highest BCUT2D eigenvalue weighted by atomic mass is 16.2. The molecule has 1 heterocycles. The van der Waals surface area contributed by atoms with E-state index in [2.05, 4.69) is 5.32 Å². The van der Waals surface area contributed by atoms with E-state index < -0.39 is 5.41 Å². The summed E-state index contributed by atoms with van der Waals surface area (Å²) in [6.07, 6.45) is 6.16. The van der Waals surface area contributed by atoms with Gasteiger partial charge in [0.2, 0.25) is 5.91 Å². The van der Waals surface area contributed by atoms with Crippen LogP contribution in [0.1, 0.15) is 46.0 Å². The van der Waals surface area contributed by atoms with E-state index in [1.807, 2.05) is 19.9 Å². The van der Waals surface area contributed by atoms with Crippen molar-refractivity contribution in [1.29, 1.82) is 0 Å². The number of hydrogen-bond acceptors (Lipinski definition) is 2. The second-order valence-electron chi connectivity index (χ2n) is 4.75. The van der Waals surface area contributed by atoms with Crippen molar-refractivity contribution in [3.05, 3.63) is 11.8 Å². The number of hydrogen-bond donors (Lipinski definition) is 1. The smallest absolute Gasteiger partial charge is 0.237 e. The first kappa shape index (κ1) is 11.4. The second kappa shape index (κ2) is 4.04. The maximum atomic E-state index is 12.5. The van der Waals surface area contributed by atoms with Gasteiger partial charge in [-0.2, -0.15) is 0 Å². The van der Waals surface area contributed by atoms with Crippen LogP contribution in [0.4, 0.5) is 0 Å². The molecule has 0 radical (unpaired) electrons. The minimum absolute atomic E-state index is 0.0497. The van der Waals surface area contributed by atoms with Gasteiger partial charge in [-0.15, -0.1) is 0 Å². The summed E-state index contributed by atoms with van der Waals surface area (Å²) in [5.74, 6) is 0.00505. The molecule has 0 spiro atoms. The fourth-order valence-electron chi connectivity index (χ4n) is 2.90. The standard InChI is InChI=1S/C13H19NO2/c1-3-13(4-2)11(15)9-7-5-6-8-10(9)14-12(13)16/h8-9H,3-7H2,1-2H3,(H,14,16). The zero-order valence-electron chi connectivity index (χ0n) is 10.0. The van der Waals surface area contributed by atoms with Crippen LogP contribution in [0.2, 0.25) is 0 Å². The van der Waals surface area contributed by atoms with E-state index in [1.165, 1.54) is 0 Å². The van der Waals surface area contributed by atoms with Crippen LogP contribution in [0, 0.1) is 11.3 Å². The van der Waals surface area contributed by atoms with Crippen molar-refractivity contribution in [2.24, 2.45) is 11.3 Å². The summed E-state index contributed by atoms with van der Waals surface area (Å²) in [7, 11) is 0. The Balaban J connectivity index is 2.38. The number of Topliss-reactive ketones (excluding diaryl/α,β-unsaturated/α-hetero) is 1. The van der Waals surface area contributed by atoms with Crippen LogP contribution in [-0.4, -0.2) is 11.7 Å².